The van der Waals surface area contributed by atoms with Crippen LogP contribution in [0, 0.1) is 5.92 Å². The zero-order valence-corrected chi connectivity index (χ0v) is 22.6. The molecule has 1 saturated heterocycles. The van der Waals surface area contributed by atoms with Gasteiger partial charge in [-0.3, -0.25) is 14.4 Å². The maximum atomic E-state index is 13.4. The molecule has 2 heterocycles. The van der Waals surface area contributed by atoms with E-state index in [1.807, 2.05) is 0 Å². The van der Waals surface area contributed by atoms with Crippen molar-refractivity contribution in [1.29, 1.82) is 0 Å². The van der Waals surface area contributed by atoms with Crippen molar-refractivity contribution in [2.45, 2.75) is 56.7 Å². The molecule has 40 heavy (non-hydrogen) atoms. The van der Waals surface area contributed by atoms with Crippen LogP contribution in [-0.4, -0.2) is 72.2 Å². The molecule has 0 aliphatic carbocycles. The lowest BCUT2D eigenvalue weighted by atomic mass is 9.95. The van der Waals surface area contributed by atoms with Crippen LogP contribution < -0.4 is 32.7 Å². The van der Waals surface area contributed by atoms with Crippen LogP contribution in [0.25, 0.3) is 11.1 Å². The predicted molar refractivity (Wildman–Crippen MR) is 151 cm³/mol. The Hall–Kier alpha value is -3.67. The normalized spacial score (nSPS) is 23.8. The summed E-state index contributed by atoms with van der Waals surface area (Å²) in [6.07, 6.45) is 2.82. The molecule has 4 rings (SSSR count). The molecule has 2 aromatic carbocycles. The molecule has 2 aliphatic heterocycles. The fraction of sp³-hybridized carbons (Fsp3) is 0.483. The Kier molecular flexibility index (Phi) is 9.97. The van der Waals surface area contributed by atoms with E-state index in [1.165, 1.54) is 6.07 Å². The van der Waals surface area contributed by atoms with E-state index in [2.05, 4.69) is 21.3 Å². The quantitative estimate of drug-likeness (QED) is 0.246. The van der Waals surface area contributed by atoms with Gasteiger partial charge in [0.05, 0.1) is 6.04 Å². The van der Waals surface area contributed by atoms with Crippen LogP contribution in [0.1, 0.15) is 36.8 Å². The average molecular weight is 553 g/mol. The summed E-state index contributed by atoms with van der Waals surface area (Å²) >= 11 is 0. The summed E-state index contributed by atoms with van der Waals surface area (Å²) < 4.78 is 0. The molecule has 1 fully saturated rings. The maximum Gasteiger partial charge on any atom is 0.243 e. The number of hydrogen-bond donors (Lipinski definition) is 8. The summed E-state index contributed by atoms with van der Waals surface area (Å²) in [6, 6.07) is 7.04. The van der Waals surface area contributed by atoms with Gasteiger partial charge in [-0.2, -0.15) is 0 Å². The minimum absolute atomic E-state index is 0.00218. The monoisotopic (exact) mass is 552 g/mol. The number of nitrogens with two attached hydrogens (primary N) is 2. The van der Waals surface area contributed by atoms with Crippen molar-refractivity contribution in [2.24, 2.45) is 17.4 Å². The summed E-state index contributed by atoms with van der Waals surface area (Å²) in [5, 5.41) is 32.9. The number of benzene rings is 2. The summed E-state index contributed by atoms with van der Waals surface area (Å²) in [5.41, 5.74) is 14.3. The molecule has 2 aliphatic rings. The van der Waals surface area contributed by atoms with E-state index in [0.717, 1.165) is 37.1 Å². The van der Waals surface area contributed by atoms with Crippen LogP contribution in [0.2, 0.25) is 0 Å². The number of phenolic OH excluding ortho intramolecular Hbond substituents is 2. The Morgan fingerprint density at radius 1 is 0.975 bits per heavy atom. The largest absolute Gasteiger partial charge is 0.508 e. The SMILES string of the molecule is NCCC[C@@H]1NC(=O)C(N)Cc2cc(ccc2O)-c2ccc(O)c(c2)CC(C(=O)NCC2CCCNC2)NC1=O. The van der Waals surface area contributed by atoms with E-state index >= 15 is 0 Å². The number of rotatable bonds is 6. The Morgan fingerprint density at radius 2 is 1.65 bits per heavy atom. The van der Waals surface area contributed by atoms with E-state index < -0.39 is 29.9 Å². The first-order chi connectivity index (χ1) is 19.2. The minimum atomic E-state index is -1.03. The minimum Gasteiger partial charge on any atom is -0.508 e. The highest BCUT2D eigenvalue weighted by atomic mass is 16.3. The lowest BCUT2D eigenvalue weighted by molar-refractivity contribution is -0.132. The number of nitrogens with one attached hydrogen (secondary N) is 4. The van der Waals surface area contributed by atoms with Crippen LogP contribution >= 0.6 is 0 Å². The third kappa shape index (κ3) is 7.50. The summed E-state index contributed by atoms with van der Waals surface area (Å²) in [7, 11) is 0. The van der Waals surface area contributed by atoms with Gasteiger partial charge in [-0.15, -0.1) is 0 Å². The van der Waals surface area contributed by atoms with Crippen LogP contribution in [0.3, 0.4) is 0 Å². The van der Waals surface area contributed by atoms with Gasteiger partial charge in [0.1, 0.15) is 23.6 Å². The first-order valence-electron chi connectivity index (χ1n) is 13.9. The first kappa shape index (κ1) is 29.3. The van der Waals surface area contributed by atoms with E-state index in [1.54, 1.807) is 30.3 Å². The van der Waals surface area contributed by atoms with Crippen LogP contribution in [-0.2, 0) is 27.2 Å². The average Bonchev–Trinajstić information content (AvgIpc) is 2.95. The number of carbonyl (C=O) groups excluding carboxylic acids is 3. The lowest BCUT2D eigenvalue weighted by Crippen LogP contribution is -2.57. The Labute approximate surface area is 234 Å². The zero-order chi connectivity index (χ0) is 28.6. The van der Waals surface area contributed by atoms with Crippen molar-refractivity contribution in [3.8, 4) is 22.6 Å². The molecule has 4 atom stereocenters. The molecule has 0 radical (unpaired) electrons. The van der Waals surface area contributed by atoms with Crippen LogP contribution in [0.5, 0.6) is 11.5 Å². The van der Waals surface area contributed by atoms with Gasteiger partial charge in [0.15, 0.2) is 0 Å². The van der Waals surface area contributed by atoms with Gasteiger partial charge in [-0.25, -0.2) is 0 Å². The molecule has 0 spiro atoms. The van der Waals surface area contributed by atoms with Crippen molar-refractivity contribution in [1.82, 2.24) is 21.3 Å². The van der Waals surface area contributed by atoms with E-state index in [0.29, 0.717) is 30.6 Å². The summed E-state index contributed by atoms with van der Waals surface area (Å²) in [4.78, 5) is 39.9. The molecule has 10 N–H and O–H groups in total. The molecule has 3 unspecified atom stereocenters. The Balaban J connectivity index is 1.69. The number of piperidine rings is 1. The van der Waals surface area contributed by atoms with Crippen molar-refractivity contribution < 1.29 is 24.6 Å². The Bertz CT molecular complexity index is 1220. The number of amides is 3. The standard InChI is InChI=1S/C29H40N6O5/c30-9-1-4-23-29(40)35-24(28(39)33-16-17-3-2-10-32-15-17)14-21-12-19(6-8-26(21)37)18-5-7-25(36)20(11-18)13-22(31)27(38)34-23/h5-8,11-12,17,22-24,32,36-37H,1-4,9-10,13-16,30-31H2,(H,33,39)(H,34,38)(H,35,40)/t17?,22?,23-,24?/m0/s1. The summed E-state index contributed by atoms with van der Waals surface area (Å²) in [5.74, 6) is -1.19. The highest BCUT2D eigenvalue weighted by Crippen LogP contribution is 2.31. The third-order valence-electron chi connectivity index (χ3n) is 7.62. The molecule has 2 aromatic rings. The number of aromatic hydroxyl groups is 2. The van der Waals surface area contributed by atoms with Gasteiger partial charge in [0, 0.05) is 19.4 Å². The van der Waals surface area contributed by atoms with E-state index in [-0.39, 0.29) is 42.6 Å². The first-order valence-corrected chi connectivity index (χ1v) is 13.9. The fourth-order valence-corrected chi connectivity index (χ4v) is 5.22. The second kappa shape index (κ2) is 13.6. The fourth-order valence-electron chi connectivity index (χ4n) is 5.22. The highest BCUT2D eigenvalue weighted by molar-refractivity contribution is 5.93. The lowest BCUT2D eigenvalue weighted by Gasteiger charge is -2.26. The third-order valence-corrected chi connectivity index (χ3v) is 7.62. The molecular weight excluding hydrogens is 512 g/mol. The van der Waals surface area contributed by atoms with Crippen LogP contribution in [0.15, 0.2) is 36.4 Å². The molecule has 216 valence electrons. The number of phenols is 2. The van der Waals surface area contributed by atoms with Gasteiger partial charge < -0.3 is 42.9 Å². The zero-order valence-electron chi connectivity index (χ0n) is 22.6. The van der Waals surface area contributed by atoms with Crippen molar-refractivity contribution in [3.63, 3.8) is 0 Å². The van der Waals surface area contributed by atoms with Gasteiger partial charge in [-0.1, -0.05) is 12.1 Å². The maximum absolute atomic E-state index is 13.4. The van der Waals surface area contributed by atoms with Crippen LogP contribution in [0.4, 0.5) is 0 Å². The molecular formula is C29H40N6O5. The topological polar surface area (TPSA) is 192 Å². The molecule has 11 nitrogen and oxygen atoms in total. The number of carbonyl (C=O) groups is 3. The van der Waals surface area contributed by atoms with Crippen molar-refractivity contribution in [3.05, 3.63) is 47.5 Å². The Morgan fingerprint density at radius 3 is 2.27 bits per heavy atom. The number of fused-ring (bicyclic) bond motifs is 5. The second-order valence-corrected chi connectivity index (χ2v) is 10.7. The van der Waals surface area contributed by atoms with Gasteiger partial charge >= 0.3 is 0 Å². The van der Waals surface area contributed by atoms with Gasteiger partial charge in [0.2, 0.25) is 17.7 Å². The highest BCUT2D eigenvalue weighted by Gasteiger charge is 2.30. The van der Waals surface area contributed by atoms with Gasteiger partial charge in [-0.05, 0) is 97.8 Å². The van der Waals surface area contributed by atoms with Crippen molar-refractivity contribution >= 4 is 17.7 Å². The van der Waals surface area contributed by atoms with Gasteiger partial charge in [0.25, 0.3) is 0 Å². The molecule has 3 amide bonds. The molecule has 4 bridgehead atoms. The molecule has 0 aromatic heterocycles. The van der Waals surface area contributed by atoms with Crippen molar-refractivity contribution in [2.75, 3.05) is 26.2 Å². The molecule has 0 saturated carbocycles. The summed E-state index contributed by atoms with van der Waals surface area (Å²) in [6.45, 7) is 2.54. The second-order valence-electron chi connectivity index (χ2n) is 10.7. The number of hydrogen-bond acceptors (Lipinski definition) is 8. The van der Waals surface area contributed by atoms with E-state index in [4.69, 9.17) is 11.5 Å². The molecule has 11 heteroatoms. The smallest absolute Gasteiger partial charge is 0.243 e. The van der Waals surface area contributed by atoms with E-state index in [9.17, 15) is 24.6 Å². The predicted octanol–water partition coefficient (Wildman–Crippen LogP) is 0.0150.